The highest BCUT2D eigenvalue weighted by atomic mass is 79.9. The van der Waals surface area contributed by atoms with Gasteiger partial charge in [-0.2, -0.15) is 0 Å². The fourth-order valence-corrected chi connectivity index (χ4v) is 4.74. The zero-order valence-corrected chi connectivity index (χ0v) is 22.2. The van der Waals surface area contributed by atoms with E-state index in [1.807, 2.05) is 18.2 Å². The van der Waals surface area contributed by atoms with E-state index < -0.39 is 23.8 Å². The zero-order chi connectivity index (χ0) is 26.7. The van der Waals surface area contributed by atoms with Gasteiger partial charge in [0.05, 0.1) is 17.9 Å². The highest BCUT2D eigenvalue weighted by molar-refractivity contribution is 9.10. The molecular formula is C29H25BrN2O5. The van der Waals surface area contributed by atoms with Gasteiger partial charge in [-0.25, -0.2) is 14.5 Å². The minimum absolute atomic E-state index is 0.178. The summed E-state index contributed by atoms with van der Waals surface area (Å²) in [6.45, 7) is 6.06. The predicted molar refractivity (Wildman–Crippen MR) is 144 cm³/mol. The van der Waals surface area contributed by atoms with E-state index in [2.05, 4.69) is 53.3 Å². The Morgan fingerprint density at radius 3 is 2.27 bits per heavy atom. The zero-order valence-electron chi connectivity index (χ0n) is 20.6. The average molecular weight is 561 g/mol. The van der Waals surface area contributed by atoms with Gasteiger partial charge in [-0.15, -0.1) is 0 Å². The summed E-state index contributed by atoms with van der Waals surface area (Å²) in [6.07, 6.45) is 2.18. The first-order chi connectivity index (χ1) is 17.7. The Balaban J connectivity index is 1.59. The van der Waals surface area contributed by atoms with Crippen molar-refractivity contribution in [1.82, 2.24) is 5.32 Å². The number of benzene rings is 3. The van der Waals surface area contributed by atoms with Crippen molar-refractivity contribution in [2.75, 3.05) is 11.5 Å². The molecule has 1 saturated heterocycles. The second-order valence-electron chi connectivity index (χ2n) is 8.75. The van der Waals surface area contributed by atoms with E-state index in [0.29, 0.717) is 5.56 Å². The molecule has 0 radical (unpaired) electrons. The Kier molecular flexibility index (Phi) is 7.69. The molecule has 0 saturated carbocycles. The Bertz CT molecular complexity index is 1420. The van der Waals surface area contributed by atoms with Crippen molar-refractivity contribution in [2.24, 2.45) is 0 Å². The molecule has 1 aliphatic heterocycles. The summed E-state index contributed by atoms with van der Waals surface area (Å²) in [5.41, 5.74) is 5.60. The van der Waals surface area contributed by atoms with Gasteiger partial charge in [0.25, 0.3) is 11.8 Å². The van der Waals surface area contributed by atoms with Crippen LogP contribution in [0.3, 0.4) is 0 Å². The van der Waals surface area contributed by atoms with Gasteiger partial charge >= 0.3 is 12.0 Å². The smallest absolute Gasteiger partial charge is 0.338 e. The van der Waals surface area contributed by atoms with Crippen LogP contribution < -0.4 is 10.2 Å². The molecule has 3 aromatic rings. The molecular weight excluding hydrogens is 536 g/mol. The maximum absolute atomic E-state index is 13.2. The molecule has 1 N–H and O–H groups in total. The molecule has 0 atom stereocenters. The van der Waals surface area contributed by atoms with Gasteiger partial charge in [0, 0.05) is 4.47 Å². The molecule has 1 heterocycles. The fraction of sp³-hybridized carbons (Fsp3) is 0.172. The number of carbonyl (C=O) groups excluding carboxylic acids is 4. The summed E-state index contributed by atoms with van der Waals surface area (Å²) in [6, 6.07) is 17.0. The first kappa shape index (κ1) is 26.0. The van der Waals surface area contributed by atoms with Crippen LogP contribution in [0.4, 0.5) is 10.5 Å². The summed E-state index contributed by atoms with van der Waals surface area (Å²) in [7, 11) is 0. The van der Waals surface area contributed by atoms with Crippen molar-refractivity contribution >= 4 is 51.5 Å². The molecule has 3 aromatic carbocycles. The highest BCUT2D eigenvalue weighted by Crippen LogP contribution is 2.26. The number of hydrogen-bond donors (Lipinski definition) is 1. The Morgan fingerprint density at radius 1 is 0.973 bits per heavy atom. The van der Waals surface area contributed by atoms with Crippen LogP contribution >= 0.6 is 15.9 Å². The molecule has 0 spiro atoms. The number of nitrogens with zero attached hydrogens (tertiary/aromatic N) is 1. The van der Waals surface area contributed by atoms with Gasteiger partial charge in [0.15, 0.2) is 0 Å². The van der Waals surface area contributed by atoms with Crippen LogP contribution in [0.2, 0.25) is 0 Å². The summed E-state index contributed by atoms with van der Waals surface area (Å²) in [4.78, 5) is 51.0. The van der Waals surface area contributed by atoms with Crippen LogP contribution in [0.1, 0.15) is 45.1 Å². The lowest BCUT2D eigenvalue weighted by molar-refractivity contribution is -0.122. The van der Waals surface area contributed by atoms with Gasteiger partial charge in [0.1, 0.15) is 5.57 Å². The van der Waals surface area contributed by atoms with Gasteiger partial charge in [-0.3, -0.25) is 14.9 Å². The molecule has 37 heavy (non-hydrogen) atoms. The third-order valence-electron chi connectivity index (χ3n) is 5.80. The largest absolute Gasteiger partial charge is 0.462 e. The topological polar surface area (TPSA) is 92.8 Å². The minimum Gasteiger partial charge on any atom is -0.462 e. The van der Waals surface area contributed by atoms with Gasteiger partial charge in [-0.1, -0.05) is 57.4 Å². The quantitative estimate of drug-likeness (QED) is 0.244. The monoisotopic (exact) mass is 560 g/mol. The Morgan fingerprint density at radius 2 is 1.65 bits per heavy atom. The van der Waals surface area contributed by atoms with E-state index >= 15 is 0 Å². The van der Waals surface area contributed by atoms with Crippen LogP contribution in [-0.4, -0.2) is 30.4 Å². The van der Waals surface area contributed by atoms with E-state index in [9.17, 15) is 19.2 Å². The van der Waals surface area contributed by atoms with E-state index in [0.717, 1.165) is 21.4 Å². The highest BCUT2D eigenvalue weighted by Gasteiger charge is 2.36. The lowest BCUT2D eigenvalue weighted by Crippen LogP contribution is -2.54. The molecule has 0 aliphatic carbocycles. The number of amides is 4. The van der Waals surface area contributed by atoms with E-state index in [-0.39, 0.29) is 23.4 Å². The number of esters is 1. The number of nitrogens with one attached hydrogen (secondary N) is 1. The molecule has 8 heteroatoms. The SMILES string of the molecule is CCOC(=O)c1ccc(N2C(=O)NC(=O)/C(=C\c3ccc(Cc4cc(C)cc(C)c4)c(Br)c3)C2=O)cc1. The third kappa shape index (κ3) is 5.86. The molecule has 4 amide bonds. The molecule has 0 aromatic heterocycles. The first-order valence-electron chi connectivity index (χ1n) is 11.7. The van der Waals surface area contributed by atoms with Crippen LogP contribution in [0.15, 0.2) is 70.7 Å². The molecule has 0 unspecified atom stereocenters. The van der Waals surface area contributed by atoms with Crippen LogP contribution in [0.5, 0.6) is 0 Å². The number of aryl methyl sites for hydroxylation is 2. The lowest BCUT2D eigenvalue weighted by atomic mass is 9.99. The number of rotatable bonds is 6. The number of halogens is 1. The summed E-state index contributed by atoms with van der Waals surface area (Å²) in [5, 5.41) is 2.21. The minimum atomic E-state index is -0.860. The molecule has 1 aliphatic rings. The summed E-state index contributed by atoms with van der Waals surface area (Å²) in [5.74, 6) is -2.04. The van der Waals surface area contributed by atoms with Gasteiger partial charge in [-0.05, 0) is 80.3 Å². The third-order valence-corrected chi connectivity index (χ3v) is 6.54. The normalized spacial score (nSPS) is 14.6. The number of urea groups is 1. The number of anilines is 1. The molecule has 0 bridgehead atoms. The average Bonchev–Trinajstić information content (AvgIpc) is 2.83. The maximum atomic E-state index is 13.2. The van der Waals surface area contributed by atoms with Crippen LogP contribution in [0, 0.1) is 13.8 Å². The molecule has 188 valence electrons. The summed E-state index contributed by atoms with van der Waals surface area (Å²) < 4.78 is 5.80. The lowest BCUT2D eigenvalue weighted by Gasteiger charge is -2.26. The number of carbonyl (C=O) groups is 4. The standard InChI is InChI=1S/C29H25BrN2O5/c1-4-37-28(35)21-7-9-23(10-8-21)32-27(34)24(26(33)31-29(32)36)15-19-5-6-22(25(30)16-19)14-20-12-17(2)11-18(3)13-20/h5-13,15-16H,4,14H2,1-3H3,(H,31,33,36)/b24-15+. The fourth-order valence-electron chi connectivity index (χ4n) is 4.21. The van der Waals surface area contributed by atoms with Crippen LogP contribution in [-0.2, 0) is 20.7 Å². The Hall–Kier alpha value is -4.04. The second-order valence-corrected chi connectivity index (χ2v) is 9.60. The van der Waals surface area contributed by atoms with Crippen molar-refractivity contribution in [3.8, 4) is 0 Å². The Labute approximate surface area is 223 Å². The summed E-state index contributed by atoms with van der Waals surface area (Å²) >= 11 is 3.61. The van der Waals surface area contributed by atoms with Crippen molar-refractivity contribution in [2.45, 2.75) is 27.2 Å². The molecule has 1 fully saturated rings. The maximum Gasteiger partial charge on any atom is 0.338 e. The van der Waals surface area contributed by atoms with Crippen molar-refractivity contribution in [1.29, 1.82) is 0 Å². The van der Waals surface area contributed by atoms with Crippen molar-refractivity contribution < 1.29 is 23.9 Å². The predicted octanol–water partition coefficient (Wildman–Crippen LogP) is 5.50. The number of imide groups is 2. The van der Waals surface area contributed by atoms with Gasteiger partial charge < -0.3 is 4.74 Å². The second kappa shape index (κ2) is 10.9. The number of ether oxygens (including phenoxy) is 1. The van der Waals surface area contributed by atoms with Crippen LogP contribution in [0.25, 0.3) is 6.08 Å². The number of barbiturate groups is 1. The van der Waals surface area contributed by atoms with E-state index in [4.69, 9.17) is 4.74 Å². The first-order valence-corrected chi connectivity index (χ1v) is 12.5. The molecule has 7 nitrogen and oxygen atoms in total. The van der Waals surface area contributed by atoms with Gasteiger partial charge in [0.2, 0.25) is 0 Å². The van der Waals surface area contributed by atoms with E-state index in [1.165, 1.54) is 47.0 Å². The number of hydrogen-bond acceptors (Lipinski definition) is 5. The van der Waals surface area contributed by atoms with Crippen molar-refractivity contribution in [3.05, 3.63) is 104 Å². The molecule has 4 rings (SSSR count). The van der Waals surface area contributed by atoms with E-state index in [1.54, 1.807) is 6.92 Å². The van der Waals surface area contributed by atoms with Crippen molar-refractivity contribution in [3.63, 3.8) is 0 Å².